The fourth-order valence-corrected chi connectivity index (χ4v) is 1.52. The normalized spacial score (nSPS) is 13.2. The van der Waals surface area contributed by atoms with Gasteiger partial charge in [-0.1, -0.05) is 6.07 Å². The van der Waals surface area contributed by atoms with E-state index < -0.39 is 33.3 Å². The van der Waals surface area contributed by atoms with E-state index in [-0.39, 0.29) is 0 Å². The molecule has 0 saturated heterocycles. The van der Waals surface area contributed by atoms with Crippen molar-refractivity contribution in [1.82, 2.24) is 0 Å². The minimum Gasteiger partial charge on any atom is -0.406 e. The number of anilines is 1. The van der Waals surface area contributed by atoms with Crippen LogP contribution in [0.15, 0.2) is 24.3 Å². The van der Waals surface area contributed by atoms with Crippen LogP contribution in [0.5, 0.6) is 5.75 Å². The number of hydrogen-bond donors (Lipinski definition) is 1. The van der Waals surface area contributed by atoms with Crippen molar-refractivity contribution in [2.45, 2.75) is 11.9 Å². The topological polar surface area (TPSA) is 55.4 Å². The molecule has 0 aliphatic rings. The average Bonchev–Trinajstić information content (AvgIpc) is 2.12. The molecule has 11 heteroatoms. The molecule has 19 heavy (non-hydrogen) atoms. The Morgan fingerprint density at radius 1 is 1.05 bits per heavy atom. The van der Waals surface area contributed by atoms with E-state index in [9.17, 15) is 34.8 Å². The van der Waals surface area contributed by atoms with E-state index in [0.717, 1.165) is 22.9 Å². The SMILES string of the molecule is O=S(=O)(Nc1cccc(OC(F)(F)F)c1)C(F)(F)F. The van der Waals surface area contributed by atoms with Crippen molar-refractivity contribution >= 4 is 15.7 Å². The second-order valence-electron chi connectivity index (χ2n) is 3.13. The molecule has 0 fully saturated rings. The minimum absolute atomic E-state index is 0.469. The number of nitrogens with one attached hydrogen (secondary N) is 1. The predicted octanol–water partition coefficient (Wildman–Crippen LogP) is 2.85. The zero-order valence-corrected chi connectivity index (χ0v) is 9.53. The van der Waals surface area contributed by atoms with Crippen LogP contribution in [0, 0.1) is 0 Å². The molecule has 0 saturated carbocycles. The van der Waals surface area contributed by atoms with Crippen LogP contribution in [0.25, 0.3) is 0 Å². The van der Waals surface area contributed by atoms with Crippen LogP contribution in [0.4, 0.5) is 32.0 Å². The summed E-state index contributed by atoms with van der Waals surface area (Å²) < 4.78 is 97.6. The molecule has 0 aromatic heterocycles. The molecule has 0 aliphatic carbocycles. The molecule has 0 amide bonds. The Morgan fingerprint density at radius 3 is 2.11 bits per heavy atom. The Morgan fingerprint density at radius 2 is 1.63 bits per heavy atom. The highest BCUT2D eigenvalue weighted by atomic mass is 32.2. The maximum atomic E-state index is 12.0. The highest BCUT2D eigenvalue weighted by Gasteiger charge is 2.46. The summed E-state index contributed by atoms with van der Waals surface area (Å²) in [5.41, 5.74) is -6.28. The summed E-state index contributed by atoms with van der Waals surface area (Å²) in [6, 6.07) is 3.01. The summed E-state index contributed by atoms with van der Waals surface area (Å²) in [7, 11) is -5.70. The van der Waals surface area contributed by atoms with Gasteiger partial charge >= 0.3 is 21.9 Å². The lowest BCUT2D eigenvalue weighted by molar-refractivity contribution is -0.274. The molecule has 0 aliphatic heterocycles. The maximum absolute atomic E-state index is 12.0. The number of alkyl halides is 6. The molecule has 0 heterocycles. The molecule has 0 atom stereocenters. The first-order valence-electron chi connectivity index (χ1n) is 4.36. The van der Waals surface area contributed by atoms with Gasteiger partial charge in [0.1, 0.15) is 5.75 Å². The van der Waals surface area contributed by atoms with Crippen LogP contribution < -0.4 is 9.46 Å². The first kappa shape index (κ1) is 15.4. The maximum Gasteiger partial charge on any atom is 0.573 e. The van der Waals surface area contributed by atoms with Crippen LogP contribution in [0.1, 0.15) is 0 Å². The standard InChI is InChI=1S/C8H5F6NO3S/c9-7(10,11)18-6-3-1-2-5(4-6)15-19(16,17)8(12,13)14/h1-4,15H. The van der Waals surface area contributed by atoms with Crippen LogP contribution in [0.3, 0.4) is 0 Å². The third-order valence-corrected chi connectivity index (χ3v) is 2.74. The second kappa shape index (κ2) is 4.79. The fraction of sp³-hybridized carbons (Fsp3) is 0.250. The number of rotatable bonds is 3. The van der Waals surface area contributed by atoms with Crippen LogP contribution >= 0.6 is 0 Å². The van der Waals surface area contributed by atoms with Crippen molar-refractivity contribution in [1.29, 1.82) is 0 Å². The molecule has 0 bridgehead atoms. The van der Waals surface area contributed by atoms with E-state index >= 15 is 0 Å². The van der Waals surface area contributed by atoms with Gasteiger partial charge < -0.3 is 4.74 Å². The molecule has 1 N–H and O–H groups in total. The van der Waals surface area contributed by atoms with E-state index in [1.807, 2.05) is 0 Å². The van der Waals surface area contributed by atoms with Gasteiger partial charge in [0.05, 0.1) is 5.69 Å². The van der Waals surface area contributed by atoms with Crippen molar-refractivity contribution in [2.75, 3.05) is 4.72 Å². The molecule has 0 radical (unpaired) electrons. The molecular formula is C8H5F6NO3S. The number of hydrogen-bond acceptors (Lipinski definition) is 3. The van der Waals surface area contributed by atoms with Crippen LogP contribution in [-0.4, -0.2) is 20.3 Å². The van der Waals surface area contributed by atoms with E-state index in [1.54, 1.807) is 0 Å². The lowest BCUT2D eigenvalue weighted by atomic mass is 10.3. The Labute approximate surface area is 103 Å². The third-order valence-electron chi connectivity index (χ3n) is 1.62. The van der Waals surface area contributed by atoms with Crippen LogP contribution in [0.2, 0.25) is 0 Å². The van der Waals surface area contributed by atoms with E-state index in [1.165, 1.54) is 0 Å². The lowest BCUT2D eigenvalue weighted by Crippen LogP contribution is -2.29. The number of sulfonamides is 1. The summed E-state index contributed by atoms with van der Waals surface area (Å²) in [6.45, 7) is 0. The summed E-state index contributed by atoms with van der Waals surface area (Å²) in [4.78, 5) is 0. The summed E-state index contributed by atoms with van der Waals surface area (Å²) in [5.74, 6) is -0.852. The van der Waals surface area contributed by atoms with Crippen molar-refractivity contribution in [3.8, 4) is 5.75 Å². The van der Waals surface area contributed by atoms with Gasteiger partial charge in [0.25, 0.3) is 0 Å². The molecule has 0 spiro atoms. The van der Waals surface area contributed by atoms with Gasteiger partial charge in [-0.15, -0.1) is 13.2 Å². The monoisotopic (exact) mass is 309 g/mol. The van der Waals surface area contributed by atoms with Gasteiger partial charge in [-0.05, 0) is 12.1 Å². The van der Waals surface area contributed by atoms with E-state index in [0.29, 0.717) is 6.07 Å². The first-order valence-corrected chi connectivity index (χ1v) is 5.84. The Balaban J connectivity index is 2.96. The fourth-order valence-electron chi connectivity index (χ4n) is 0.970. The molecule has 1 aromatic rings. The minimum atomic E-state index is -5.70. The number of ether oxygens (including phenoxy) is 1. The molecule has 4 nitrogen and oxygen atoms in total. The molecular weight excluding hydrogens is 304 g/mol. The highest BCUT2D eigenvalue weighted by Crippen LogP contribution is 2.28. The number of benzene rings is 1. The first-order chi connectivity index (χ1) is 8.41. The molecule has 1 aromatic carbocycles. The Kier molecular flexibility index (Phi) is 3.89. The summed E-state index contributed by atoms with van der Waals surface area (Å²) in [5, 5.41) is 0. The zero-order valence-electron chi connectivity index (χ0n) is 8.71. The lowest BCUT2D eigenvalue weighted by Gasteiger charge is -2.12. The molecule has 108 valence electrons. The Hall–Kier alpha value is -1.65. The Bertz CT molecular complexity index is 550. The van der Waals surface area contributed by atoms with Gasteiger partial charge in [-0.3, -0.25) is 4.72 Å². The summed E-state index contributed by atoms with van der Waals surface area (Å²) >= 11 is 0. The van der Waals surface area contributed by atoms with Gasteiger partial charge in [-0.2, -0.15) is 21.6 Å². The molecule has 0 unspecified atom stereocenters. The smallest absolute Gasteiger partial charge is 0.406 e. The second-order valence-corrected chi connectivity index (χ2v) is 4.80. The largest absolute Gasteiger partial charge is 0.573 e. The van der Waals surface area contributed by atoms with Crippen molar-refractivity contribution < 1.29 is 39.5 Å². The quantitative estimate of drug-likeness (QED) is 0.874. The van der Waals surface area contributed by atoms with E-state index in [2.05, 4.69) is 4.74 Å². The molecule has 1 rings (SSSR count). The van der Waals surface area contributed by atoms with Gasteiger partial charge in [0.2, 0.25) is 0 Å². The van der Waals surface area contributed by atoms with Crippen molar-refractivity contribution in [2.24, 2.45) is 0 Å². The van der Waals surface area contributed by atoms with Gasteiger partial charge in [0.15, 0.2) is 0 Å². The summed E-state index contributed by atoms with van der Waals surface area (Å²) in [6.07, 6.45) is -5.04. The van der Waals surface area contributed by atoms with Gasteiger partial charge in [0, 0.05) is 6.07 Å². The van der Waals surface area contributed by atoms with E-state index in [4.69, 9.17) is 0 Å². The van der Waals surface area contributed by atoms with Gasteiger partial charge in [-0.25, -0.2) is 0 Å². The zero-order chi connectivity index (χ0) is 14.9. The average molecular weight is 309 g/mol. The highest BCUT2D eigenvalue weighted by molar-refractivity contribution is 7.93. The predicted molar refractivity (Wildman–Crippen MR) is 51.7 cm³/mol. The number of halogens is 6. The van der Waals surface area contributed by atoms with Crippen molar-refractivity contribution in [3.63, 3.8) is 0 Å². The third kappa shape index (κ3) is 4.50. The van der Waals surface area contributed by atoms with Crippen molar-refractivity contribution in [3.05, 3.63) is 24.3 Å². The van der Waals surface area contributed by atoms with Crippen LogP contribution in [-0.2, 0) is 10.0 Å².